The van der Waals surface area contributed by atoms with Crippen molar-refractivity contribution >= 4 is 46.6 Å². The number of benzene rings is 3. The van der Waals surface area contributed by atoms with Crippen molar-refractivity contribution in [1.82, 2.24) is 4.90 Å². The number of nitrogens with zero attached hydrogens (tertiary/aromatic N) is 1. The third kappa shape index (κ3) is 6.93. The topological polar surface area (TPSA) is 188 Å². The second kappa shape index (κ2) is 13.5. The smallest absolute Gasteiger partial charge is 0.377 e. The third-order valence-corrected chi connectivity index (χ3v) is 7.53. The highest BCUT2D eigenvalue weighted by Crippen LogP contribution is 2.33. The number of aliphatic carboxylic acids is 4. The molecule has 4 rings (SSSR count). The predicted octanol–water partition coefficient (Wildman–Crippen LogP) is 3.14. The first-order chi connectivity index (χ1) is 20.9. The molecule has 1 saturated heterocycles. The molecule has 0 spiro atoms. The molecule has 3 aromatic rings. The van der Waals surface area contributed by atoms with Crippen LogP contribution in [-0.4, -0.2) is 85.7 Å². The fraction of sp³-hybridized carbons (Fsp3) is 0.281. The predicted molar refractivity (Wildman–Crippen MR) is 155 cm³/mol. The van der Waals surface area contributed by atoms with E-state index in [1.165, 1.54) is 0 Å². The van der Waals surface area contributed by atoms with Crippen LogP contribution in [0.15, 0.2) is 78.9 Å². The van der Waals surface area contributed by atoms with Crippen LogP contribution in [-0.2, 0) is 39.9 Å². The molecular formula is C32H31NO11. The van der Waals surface area contributed by atoms with Gasteiger partial charge in [0, 0.05) is 6.04 Å². The van der Waals surface area contributed by atoms with Gasteiger partial charge in [0.25, 0.3) is 5.91 Å². The fourth-order valence-electron chi connectivity index (χ4n) is 5.15. The molecule has 4 N–H and O–H groups in total. The Morgan fingerprint density at radius 3 is 2.07 bits per heavy atom. The third-order valence-electron chi connectivity index (χ3n) is 7.53. The van der Waals surface area contributed by atoms with Gasteiger partial charge in [0.1, 0.15) is 6.54 Å². The molecule has 1 amide bonds. The van der Waals surface area contributed by atoms with Gasteiger partial charge < -0.3 is 34.8 Å². The molecule has 0 aromatic heterocycles. The van der Waals surface area contributed by atoms with Gasteiger partial charge in [0.15, 0.2) is 12.2 Å². The number of fused-ring (bicyclic) bond motifs is 1. The van der Waals surface area contributed by atoms with Crippen LogP contribution >= 0.6 is 0 Å². The highest BCUT2D eigenvalue weighted by atomic mass is 16.8. The Hall–Kier alpha value is -5.07. The SMILES string of the molecule is CC(C(/C=C/c1ccc2ccccc2c1)CCc1ccccc1)N(CC(=O)O)C(=O)C1OC(C(=O)O)(C(=O)O)OC1C(=O)O. The van der Waals surface area contributed by atoms with Gasteiger partial charge in [-0.25, -0.2) is 14.4 Å². The van der Waals surface area contributed by atoms with E-state index in [0.717, 1.165) is 26.8 Å². The van der Waals surface area contributed by atoms with E-state index in [1.807, 2.05) is 84.9 Å². The normalized spacial score (nSPS) is 18.9. The van der Waals surface area contributed by atoms with Gasteiger partial charge in [-0.2, -0.15) is 0 Å². The Labute approximate surface area is 251 Å². The van der Waals surface area contributed by atoms with Crippen LogP contribution in [0.5, 0.6) is 0 Å². The Balaban J connectivity index is 1.69. The van der Waals surface area contributed by atoms with Gasteiger partial charge in [0.05, 0.1) is 0 Å². The van der Waals surface area contributed by atoms with Crippen molar-refractivity contribution in [3.05, 3.63) is 90.0 Å². The van der Waals surface area contributed by atoms with E-state index in [2.05, 4.69) is 0 Å². The Kier molecular flexibility index (Phi) is 9.77. The molecule has 3 aromatic carbocycles. The molecule has 0 radical (unpaired) electrons. The van der Waals surface area contributed by atoms with Gasteiger partial charge in [-0.15, -0.1) is 0 Å². The van der Waals surface area contributed by atoms with Gasteiger partial charge in [-0.1, -0.05) is 78.9 Å². The molecule has 4 unspecified atom stereocenters. The molecule has 12 nitrogen and oxygen atoms in total. The highest BCUT2D eigenvalue weighted by Gasteiger charge is 2.64. The van der Waals surface area contributed by atoms with Crippen LogP contribution < -0.4 is 0 Å². The van der Waals surface area contributed by atoms with Crippen LogP contribution in [0.4, 0.5) is 0 Å². The maximum atomic E-state index is 13.8. The molecule has 1 aliphatic heterocycles. The first kappa shape index (κ1) is 31.9. The maximum Gasteiger partial charge on any atom is 0.377 e. The highest BCUT2D eigenvalue weighted by molar-refractivity contribution is 6.02. The average Bonchev–Trinajstić information content (AvgIpc) is 3.43. The molecule has 44 heavy (non-hydrogen) atoms. The molecule has 230 valence electrons. The second-order valence-corrected chi connectivity index (χ2v) is 10.4. The lowest BCUT2D eigenvalue weighted by Gasteiger charge is -2.34. The molecule has 1 heterocycles. The van der Waals surface area contributed by atoms with Crippen LogP contribution in [0.1, 0.15) is 24.5 Å². The van der Waals surface area contributed by atoms with Crippen molar-refractivity contribution in [3.8, 4) is 0 Å². The number of carbonyl (C=O) groups excluding carboxylic acids is 1. The number of ether oxygens (including phenoxy) is 2. The summed E-state index contributed by atoms with van der Waals surface area (Å²) in [6, 6.07) is 22.2. The standard InChI is InChI=1S/C32H31NO11/c1-19(33(18-25(34)35)28(36)26-27(29(37)38)44-32(43-26,30(39)40)31(41)42)22(14-11-20-7-3-2-4-8-20)15-12-21-13-16-23-9-5-6-10-24(23)17-21/h2-10,12-13,15-17,19,22,26-27H,11,14,18H2,1H3,(H,34,35)(H,37,38)(H,39,40)(H,41,42)/b15-12+. The van der Waals surface area contributed by atoms with Crippen LogP contribution in [0.2, 0.25) is 0 Å². The quantitative estimate of drug-likeness (QED) is 0.210. The van der Waals surface area contributed by atoms with Crippen molar-refractivity contribution in [2.24, 2.45) is 5.92 Å². The first-order valence-corrected chi connectivity index (χ1v) is 13.7. The van der Waals surface area contributed by atoms with Crippen molar-refractivity contribution in [1.29, 1.82) is 0 Å². The van der Waals surface area contributed by atoms with E-state index in [0.29, 0.717) is 12.8 Å². The Morgan fingerprint density at radius 1 is 0.841 bits per heavy atom. The van der Waals surface area contributed by atoms with Crippen molar-refractivity contribution in [2.45, 2.75) is 43.8 Å². The summed E-state index contributed by atoms with van der Waals surface area (Å²) in [5.74, 6) is -12.8. The molecule has 1 aliphatic rings. The molecule has 4 atom stereocenters. The Morgan fingerprint density at radius 2 is 1.45 bits per heavy atom. The van der Waals surface area contributed by atoms with Gasteiger partial charge in [-0.05, 0) is 53.6 Å². The zero-order valence-electron chi connectivity index (χ0n) is 23.6. The summed E-state index contributed by atoms with van der Waals surface area (Å²) in [4.78, 5) is 62.0. The van der Waals surface area contributed by atoms with Crippen molar-refractivity contribution in [3.63, 3.8) is 0 Å². The Bertz CT molecular complexity index is 1570. The number of rotatable bonds is 13. The van der Waals surface area contributed by atoms with Crippen molar-refractivity contribution in [2.75, 3.05) is 6.54 Å². The summed E-state index contributed by atoms with van der Waals surface area (Å²) in [5, 5.41) is 40.4. The van der Waals surface area contributed by atoms with Gasteiger partial charge >= 0.3 is 29.7 Å². The summed E-state index contributed by atoms with van der Waals surface area (Å²) in [6.45, 7) is 0.680. The second-order valence-electron chi connectivity index (χ2n) is 10.4. The molecule has 0 bridgehead atoms. The number of hydrogen-bond donors (Lipinski definition) is 4. The summed E-state index contributed by atoms with van der Waals surface area (Å²) >= 11 is 0. The summed E-state index contributed by atoms with van der Waals surface area (Å²) in [7, 11) is 0. The zero-order chi connectivity index (χ0) is 32.0. The first-order valence-electron chi connectivity index (χ1n) is 13.7. The lowest BCUT2D eigenvalue weighted by Crippen LogP contribution is -2.53. The molecule has 12 heteroatoms. The van der Waals surface area contributed by atoms with E-state index >= 15 is 0 Å². The number of carbonyl (C=O) groups is 5. The largest absolute Gasteiger partial charge is 0.480 e. The number of carboxylic acid groups (broad SMARTS) is 4. The van der Waals surface area contributed by atoms with Crippen LogP contribution in [0.3, 0.4) is 0 Å². The minimum atomic E-state index is -3.47. The summed E-state index contributed by atoms with van der Waals surface area (Å²) < 4.78 is 9.77. The molecule has 0 aliphatic carbocycles. The average molecular weight is 606 g/mol. The van der Waals surface area contributed by atoms with E-state index in [9.17, 15) is 44.4 Å². The minimum Gasteiger partial charge on any atom is -0.480 e. The molecule has 0 saturated carbocycles. The zero-order valence-corrected chi connectivity index (χ0v) is 23.6. The van der Waals surface area contributed by atoms with E-state index in [1.54, 1.807) is 6.92 Å². The fourth-order valence-corrected chi connectivity index (χ4v) is 5.15. The maximum absolute atomic E-state index is 13.8. The summed E-state index contributed by atoms with van der Waals surface area (Å²) in [5.41, 5.74) is 1.84. The lowest BCUT2D eigenvalue weighted by atomic mass is 9.90. The summed E-state index contributed by atoms with van der Waals surface area (Å²) in [6.07, 6.45) is 0.0951. The van der Waals surface area contributed by atoms with Crippen LogP contribution in [0.25, 0.3) is 16.8 Å². The van der Waals surface area contributed by atoms with Crippen LogP contribution in [0, 0.1) is 5.92 Å². The monoisotopic (exact) mass is 605 g/mol. The molecule has 1 fully saturated rings. The lowest BCUT2D eigenvalue weighted by molar-refractivity contribution is -0.221. The minimum absolute atomic E-state index is 0.442. The van der Waals surface area contributed by atoms with Gasteiger partial charge in [-0.3, -0.25) is 9.59 Å². The molecular weight excluding hydrogens is 574 g/mol. The number of carboxylic acids is 4. The number of amides is 1. The van der Waals surface area contributed by atoms with Crippen molar-refractivity contribution < 1.29 is 53.9 Å². The van der Waals surface area contributed by atoms with E-state index in [4.69, 9.17) is 9.47 Å². The van der Waals surface area contributed by atoms with E-state index in [-0.39, 0.29) is 0 Å². The van der Waals surface area contributed by atoms with Gasteiger partial charge in [0.2, 0.25) is 0 Å². The van der Waals surface area contributed by atoms with E-state index < -0.39 is 66.3 Å². The number of aryl methyl sites for hydroxylation is 1. The number of hydrogen-bond acceptors (Lipinski definition) is 7.